The predicted octanol–water partition coefficient (Wildman–Crippen LogP) is 4.03. The molecule has 0 aliphatic heterocycles. The molecule has 1 unspecified atom stereocenters. The van der Waals surface area contributed by atoms with Crippen LogP contribution in [0.1, 0.15) is 25.8 Å². The minimum absolute atomic E-state index is 0.202. The van der Waals surface area contributed by atoms with Gasteiger partial charge in [0.15, 0.2) is 0 Å². The molecule has 0 saturated heterocycles. The van der Waals surface area contributed by atoms with Crippen LogP contribution in [0, 0.1) is 17.7 Å². The Hall–Kier alpha value is -0.450. The topological polar surface area (TPSA) is 21.3 Å². The number of hydrogen-bond donors (Lipinski definition) is 1. The molecule has 0 aromatic heterocycles. The normalized spacial score (nSPS) is 12.9. The van der Waals surface area contributed by atoms with E-state index in [2.05, 4.69) is 35.1 Å². The maximum absolute atomic E-state index is 13.3. The Labute approximate surface area is 130 Å². The van der Waals surface area contributed by atoms with Crippen molar-refractivity contribution in [2.24, 2.45) is 11.8 Å². The smallest absolute Gasteiger partial charge is 0.137 e. The summed E-state index contributed by atoms with van der Waals surface area (Å²) in [4.78, 5) is 0. The standard InChI is InChI=1S/C16H25BrFNO/c1-12(2)8-14(11-19-6-7-20-3)9-13-4-5-16(18)15(17)10-13/h4-5,10,12,14,19H,6-9,11H2,1-3H3. The second kappa shape index (κ2) is 9.48. The predicted molar refractivity (Wildman–Crippen MR) is 85.5 cm³/mol. The van der Waals surface area contributed by atoms with Crippen molar-refractivity contribution in [3.8, 4) is 0 Å². The van der Waals surface area contributed by atoms with Gasteiger partial charge in [0.1, 0.15) is 5.82 Å². The van der Waals surface area contributed by atoms with Crippen molar-refractivity contribution < 1.29 is 9.13 Å². The molecule has 114 valence electrons. The van der Waals surface area contributed by atoms with E-state index in [4.69, 9.17) is 4.74 Å². The van der Waals surface area contributed by atoms with Gasteiger partial charge in [0.2, 0.25) is 0 Å². The molecule has 0 saturated carbocycles. The van der Waals surface area contributed by atoms with Crippen molar-refractivity contribution in [3.05, 3.63) is 34.1 Å². The van der Waals surface area contributed by atoms with Crippen LogP contribution < -0.4 is 5.32 Å². The zero-order valence-electron chi connectivity index (χ0n) is 12.6. The molecule has 1 aromatic rings. The van der Waals surface area contributed by atoms with Crippen LogP contribution >= 0.6 is 15.9 Å². The molecule has 0 aliphatic carbocycles. The molecule has 0 spiro atoms. The summed E-state index contributed by atoms with van der Waals surface area (Å²) < 4.78 is 18.8. The first-order valence-corrected chi connectivity index (χ1v) is 7.95. The maximum Gasteiger partial charge on any atom is 0.137 e. The van der Waals surface area contributed by atoms with Crippen molar-refractivity contribution in [2.75, 3.05) is 26.8 Å². The second-order valence-electron chi connectivity index (χ2n) is 5.65. The molecule has 20 heavy (non-hydrogen) atoms. The van der Waals surface area contributed by atoms with E-state index >= 15 is 0 Å². The van der Waals surface area contributed by atoms with Crippen molar-refractivity contribution in [2.45, 2.75) is 26.7 Å². The lowest BCUT2D eigenvalue weighted by Crippen LogP contribution is -2.28. The molecule has 1 N–H and O–H groups in total. The third-order valence-corrected chi connectivity index (χ3v) is 3.84. The molecule has 0 fully saturated rings. The van der Waals surface area contributed by atoms with Gasteiger partial charge in [-0.1, -0.05) is 19.9 Å². The van der Waals surface area contributed by atoms with Crippen molar-refractivity contribution >= 4 is 15.9 Å². The number of halogens is 2. The van der Waals surface area contributed by atoms with Gasteiger partial charge < -0.3 is 10.1 Å². The third kappa shape index (κ3) is 6.82. The van der Waals surface area contributed by atoms with Gasteiger partial charge in [-0.2, -0.15) is 0 Å². The molecule has 1 rings (SSSR count). The highest BCUT2D eigenvalue weighted by molar-refractivity contribution is 9.10. The van der Waals surface area contributed by atoms with E-state index in [1.54, 1.807) is 7.11 Å². The Kier molecular flexibility index (Phi) is 8.34. The summed E-state index contributed by atoms with van der Waals surface area (Å²) >= 11 is 3.25. The summed E-state index contributed by atoms with van der Waals surface area (Å²) in [7, 11) is 1.71. The molecule has 0 aliphatic rings. The summed E-state index contributed by atoms with van der Waals surface area (Å²) in [5.41, 5.74) is 1.18. The van der Waals surface area contributed by atoms with E-state index in [-0.39, 0.29) is 5.82 Å². The van der Waals surface area contributed by atoms with Gasteiger partial charge in [0, 0.05) is 13.7 Å². The minimum Gasteiger partial charge on any atom is -0.383 e. The number of rotatable bonds is 9. The summed E-state index contributed by atoms with van der Waals surface area (Å²) in [6, 6.07) is 5.30. The zero-order chi connectivity index (χ0) is 15.0. The number of nitrogens with one attached hydrogen (secondary N) is 1. The fourth-order valence-electron chi connectivity index (χ4n) is 2.39. The van der Waals surface area contributed by atoms with Crippen LogP contribution in [0.5, 0.6) is 0 Å². The molecule has 1 atom stereocenters. The number of methoxy groups -OCH3 is 1. The average molecular weight is 346 g/mol. The van der Waals surface area contributed by atoms with Crippen LogP contribution in [0.2, 0.25) is 0 Å². The van der Waals surface area contributed by atoms with Gasteiger partial charge in [0.25, 0.3) is 0 Å². The van der Waals surface area contributed by atoms with Crippen LogP contribution in [0.3, 0.4) is 0 Å². The Balaban J connectivity index is 2.56. The van der Waals surface area contributed by atoms with Crippen LogP contribution in [0.15, 0.2) is 22.7 Å². The van der Waals surface area contributed by atoms with Crippen LogP contribution in [-0.2, 0) is 11.2 Å². The lowest BCUT2D eigenvalue weighted by atomic mass is 9.91. The largest absolute Gasteiger partial charge is 0.383 e. The maximum atomic E-state index is 13.3. The Morgan fingerprint density at radius 1 is 1.35 bits per heavy atom. The minimum atomic E-state index is -0.202. The first-order valence-electron chi connectivity index (χ1n) is 7.16. The van der Waals surface area contributed by atoms with E-state index in [1.807, 2.05) is 12.1 Å². The molecule has 0 amide bonds. The monoisotopic (exact) mass is 345 g/mol. The van der Waals surface area contributed by atoms with Crippen molar-refractivity contribution in [1.82, 2.24) is 5.32 Å². The Bertz CT molecular complexity index is 398. The van der Waals surface area contributed by atoms with Crippen LogP contribution in [0.25, 0.3) is 0 Å². The van der Waals surface area contributed by atoms with Crippen molar-refractivity contribution in [3.63, 3.8) is 0 Å². The third-order valence-electron chi connectivity index (χ3n) is 3.23. The highest BCUT2D eigenvalue weighted by Gasteiger charge is 2.12. The highest BCUT2D eigenvalue weighted by atomic mass is 79.9. The average Bonchev–Trinajstić information content (AvgIpc) is 2.38. The summed E-state index contributed by atoms with van der Waals surface area (Å²) in [5, 5.41) is 3.43. The summed E-state index contributed by atoms with van der Waals surface area (Å²) in [6.45, 7) is 7.05. The van der Waals surface area contributed by atoms with Crippen LogP contribution in [-0.4, -0.2) is 26.8 Å². The molecular formula is C16H25BrFNO. The zero-order valence-corrected chi connectivity index (χ0v) is 14.2. The molecular weight excluding hydrogens is 321 g/mol. The van der Waals surface area contributed by atoms with E-state index in [1.165, 1.54) is 11.6 Å². The van der Waals surface area contributed by atoms with Gasteiger partial charge >= 0.3 is 0 Å². The SMILES string of the molecule is COCCNCC(Cc1ccc(F)c(Br)c1)CC(C)C. The van der Waals surface area contributed by atoms with E-state index < -0.39 is 0 Å². The second-order valence-corrected chi connectivity index (χ2v) is 6.50. The van der Waals surface area contributed by atoms with Gasteiger partial charge in [-0.15, -0.1) is 0 Å². The molecule has 0 heterocycles. The molecule has 4 heteroatoms. The van der Waals surface area contributed by atoms with Gasteiger partial charge in [-0.3, -0.25) is 0 Å². The molecule has 1 aromatic carbocycles. The molecule has 0 radical (unpaired) electrons. The number of ether oxygens (including phenoxy) is 1. The van der Waals surface area contributed by atoms with E-state index in [9.17, 15) is 4.39 Å². The lowest BCUT2D eigenvalue weighted by Gasteiger charge is -2.20. The van der Waals surface area contributed by atoms with Gasteiger partial charge in [-0.25, -0.2) is 4.39 Å². The van der Waals surface area contributed by atoms with Crippen molar-refractivity contribution in [1.29, 1.82) is 0 Å². The number of hydrogen-bond acceptors (Lipinski definition) is 2. The Morgan fingerprint density at radius 3 is 2.70 bits per heavy atom. The van der Waals surface area contributed by atoms with Crippen LogP contribution in [0.4, 0.5) is 4.39 Å². The quantitative estimate of drug-likeness (QED) is 0.682. The summed E-state index contributed by atoms with van der Waals surface area (Å²) in [6.07, 6.45) is 2.13. The highest BCUT2D eigenvalue weighted by Crippen LogP contribution is 2.21. The van der Waals surface area contributed by atoms with Gasteiger partial charge in [0.05, 0.1) is 11.1 Å². The van der Waals surface area contributed by atoms with E-state index in [0.717, 1.165) is 32.5 Å². The van der Waals surface area contributed by atoms with E-state index in [0.29, 0.717) is 16.3 Å². The molecule has 0 bridgehead atoms. The fourth-order valence-corrected chi connectivity index (χ4v) is 2.81. The first kappa shape index (κ1) is 17.6. The fraction of sp³-hybridized carbons (Fsp3) is 0.625. The first-order chi connectivity index (χ1) is 9.52. The summed E-state index contributed by atoms with van der Waals surface area (Å²) in [5.74, 6) is 1.02. The Morgan fingerprint density at radius 2 is 2.10 bits per heavy atom. The molecule has 2 nitrogen and oxygen atoms in total. The lowest BCUT2D eigenvalue weighted by molar-refractivity contribution is 0.197. The number of benzene rings is 1. The van der Waals surface area contributed by atoms with Gasteiger partial charge in [-0.05, 0) is 64.8 Å².